The molecule has 22 heavy (non-hydrogen) atoms. The lowest BCUT2D eigenvalue weighted by Crippen LogP contribution is -2.49. The van der Waals surface area contributed by atoms with Gasteiger partial charge < -0.3 is 4.98 Å². The van der Waals surface area contributed by atoms with Crippen molar-refractivity contribution in [3.05, 3.63) is 58.8 Å². The van der Waals surface area contributed by atoms with Gasteiger partial charge in [-0.3, -0.25) is 9.69 Å². The number of aromatic amines is 1. The van der Waals surface area contributed by atoms with Crippen LogP contribution < -0.4 is 5.56 Å². The SMILES string of the molecule is O=c1cccnn1CC1CN(Cc2nc3ccccc3[nH]2)C1. The van der Waals surface area contributed by atoms with Gasteiger partial charge in [0.15, 0.2) is 0 Å². The molecular formula is C16H17N5O. The summed E-state index contributed by atoms with van der Waals surface area (Å²) < 4.78 is 1.54. The number of hydrogen-bond acceptors (Lipinski definition) is 4. The molecule has 1 saturated heterocycles. The molecule has 1 aliphatic rings. The molecule has 3 heterocycles. The Kier molecular flexibility index (Phi) is 3.23. The van der Waals surface area contributed by atoms with Crippen molar-refractivity contribution in [2.45, 2.75) is 13.1 Å². The van der Waals surface area contributed by atoms with E-state index < -0.39 is 0 Å². The second kappa shape index (κ2) is 5.38. The summed E-state index contributed by atoms with van der Waals surface area (Å²) >= 11 is 0. The Morgan fingerprint density at radius 3 is 2.86 bits per heavy atom. The van der Waals surface area contributed by atoms with Crippen molar-refractivity contribution < 1.29 is 0 Å². The summed E-state index contributed by atoms with van der Waals surface area (Å²) in [6.07, 6.45) is 1.66. The third-order valence-corrected chi connectivity index (χ3v) is 4.06. The number of imidazole rings is 1. The molecule has 0 radical (unpaired) electrons. The summed E-state index contributed by atoms with van der Waals surface area (Å²) in [5.41, 5.74) is 2.06. The quantitative estimate of drug-likeness (QED) is 0.786. The average Bonchev–Trinajstić information content (AvgIpc) is 2.89. The smallest absolute Gasteiger partial charge is 0.266 e. The fraction of sp³-hybridized carbons (Fsp3) is 0.312. The highest BCUT2D eigenvalue weighted by molar-refractivity contribution is 5.74. The van der Waals surface area contributed by atoms with Crippen LogP contribution in [-0.4, -0.2) is 37.7 Å². The Balaban J connectivity index is 1.35. The minimum absolute atomic E-state index is 0.0294. The largest absolute Gasteiger partial charge is 0.341 e. The highest BCUT2D eigenvalue weighted by Crippen LogP contribution is 2.20. The van der Waals surface area contributed by atoms with Crippen LogP contribution in [0.2, 0.25) is 0 Å². The van der Waals surface area contributed by atoms with Gasteiger partial charge in [-0.1, -0.05) is 12.1 Å². The second-order valence-electron chi connectivity index (χ2n) is 5.80. The number of para-hydroxylation sites is 2. The monoisotopic (exact) mass is 295 g/mol. The van der Waals surface area contributed by atoms with Crippen molar-refractivity contribution in [3.63, 3.8) is 0 Å². The summed E-state index contributed by atoms with van der Waals surface area (Å²) in [5.74, 6) is 1.48. The fourth-order valence-corrected chi connectivity index (χ4v) is 2.98. The van der Waals surface area contributed by atoms with E-state index in [2.05, 4.69) is 20.0 Å². The van der Waals surface area contributed by atoms with Gasteiger partial charge in [-0.25, -0.2) is 9.67 Å². The van der Waals surface area contributed by atoms with E-state index in [1.165, 1.54) is 0 Å². The maximum absolute atomic E-state index is 11.6. The van der Waals surface area contributed by atoms with Crippen molar-refractivity contribution >= 4 is 11.0 Å². The van der Waals surface area contributed by atoms with Crippen molar-refractivity contribution in [1.29, 1.82) is 0 Å². The zero-order chi connectivity index (χ0) is 14.9. The van der Waals surface area contributed by atoms with Crippen LogP contribution in [0.1, 0.15) is 5.82 Å². The third kappa shape index (κ3) is 2.53. The lowest BCUT2D eigenvalue weighted by molar-refractivity contribution is 0.0744. The number of nitrogens with zero attached hydrogens (tertiary/aromatic N) is 4. The van der Waals surface area contributed by atoms with Gasteiger partial charge in [0.1, 0.15) is 5.82 Å². The van der Waals surface area contributed by atoms with E-state index in [1.54, 1.807) is 23.0 Å². The molecule has 0 spiro atoms. The number of fused-ring (bicyclic) bond motifs is 1. The van der Waals surface area contributed by atoms with Gasteiger partial charge in [0.25, 0.3) is 5.56 Å². The lowest BCUT2D eigenvalue weighted by atomic mass is 10.0. The zero-order valence-electron chi connectivity index (χ0n) is 12.1. The van der Waals surface area contributed by atoms with E-state index in [4.69, 9.17) is 0 Å². The molecule has 0 amide bonds. The number of rotatable bonds is 4. The van der Waals surface area contributed by atoms with Crippen LogP contribution in [0.5, 0.6) is 0 Å². The zero-order valence-corrected chi connectivity index (χ0v) is 12.1. The number of H-pyrrole nitrogens is 1. The number of likely N-dealkylation sites (tertiary alicyclic amines) is 1. The first-order chi connectivity index (χ1) is 10.8. The predicted octanol–water partition coefficient (Wildman–Crippen LogP) is 1.25. The normalized spacial score (nSPS) is 16.0. The first-order valence-electron chi connectivity index (χ1n) is 7.46. The Morgan fingerprint density at radius 2 is 2.05 bits per heavy atom. The van der Waals surface area contributed by atoms with Crippen molar-refractivity contribution in [2.24, 2.45) is 5.92 Å². The summed E-state index contributed by atoms with van der Waals surface area (Å²) in [7, 11) is 0. The van der Waals surface area contributed by atoms with E-state index in [1.807, 2.05) is 24.3 Å². The molecule has 1 N–H and O–H groups in total. The predicted molar refractivity (Wildman–Crippen MR) is 83.4 cm³/mol. The fourth-order valence-electron chi connectivity index (χ4n) is 2.98. The van der Waals surface area contributed by atoms with E-state index in [0.29, 0.717) is 12.5 Å². The topological polar surface area (TPSA) is 66.8 Å². The maximum atomic E-state index is 11.6. The Hall–Kier alpha value is -2.47. The number of aromatic nitrogens is 4. The maximum Gasteiger partial charge on any atom is 0.266 e. The Morgan fingerprint density at radius 1 is 1.18 bits per heavy atom. The Labute approximate surface area is 127 Å². The minimum atomic E-state index is -0.0294. The molecule has 3 aromatic rings. The molecule has 1 aliphatic heterocycles. The molecule has 0 atom stereocenters. The molecule has 1 fully saturated rings. The van der Waals surface area contributed by atoms with Crippen molar-refractivity contribution in [1.82, 2.24) is 24.6 Å². The molecular weight excluding hydrogens is 278 g/mol. The van der Waals surface area contributed by atoms with E-state index in [9.17, 15) is 4.79 Å². The highest BCUT2D eigenvalue weighted by atomic mass is 16.1. The van der Waals surface area contributed by atoms with Crippen LogP contribution in [0.25, 0.3) is 11.0 Å². The van der Waals surface area contributed by atoms with Gasteiger partial charge in [0.2, 0.25) is 0 Å². The summed E-state index contributed by atoms with van der Waals surface area (Å²) in [6, 6.07) is 11.3. The highest BCUT2D eigenvalue weighted by Gasteiger charge is 2.28. The van der Waals surface area contributed by atoms with Crippen LogP contribution in [0.4, 0.5) is 0 Å². The summed E-state index contributed by atoms with van der Waals surface area (Å²) in [5, 5.41) is 4.11. The molecule has 1 aromatic carbocycles. The van der Waals surface area contributed by atoms with Crippen LogP contribution in [-0.2, 0) is 13.1 Å². The van der Waals surface area contributed by atoms with E-state index in [-0.39, 0.29) is 5.56 Å². The first kappa shape index (κ1) is 13.2. The molecule has 0 unspecified atom stereocenters. The van der Waals surface area contributed by atoms with E-state index >= 15 is 0 Å². The molecule has 2 aromatic heterocycles. The summed E-state index contributed by atoms with van der Waals surface area (Å²) in [4.78, 5) is 21.9. The van der Waals surface area contributed by atoms with Crippen LogP contribution in [0.15, 0.2) is 47.4 Å². The molecule has 0 saturated carbocycles. The Bertz CT molecular complexity index is 814. The van der Waals surface area contributed by atoms with Crippen molar-refractivity contribution in [2.75, 3.05) is 13.1 Å². The molecule has 0 aliphatic carbocycles. The first-order valence-corrected chi connectivity index (χ1v) is 7.46. The molecule has 6 nitrogen and oxygen atoms in total. The lowest BCUT2D eigenvalue weighted by Gasteiger charge is -2.38. The van der Waals surface area contributed by atoms with Gasteiger partial charge in [-0.2, -0.15) is 5.10 Å². The standard InChI is InChI=1S/C16H17N5O/c22-16-6-3-7-17-21(16)10-12-8-20(9-12)11-15-18-13-4-1-2-5-14(13)19-15/h1-7,12H,8-11H2,(H,18,19). The van der Waals surface area contributed by atoms with Crippen molar-refractivity contribution in [3.8, 4) is 0 Å². The average molecular weight is 295 g/mol. The molecule has 0 bridgehead atoms. The second-order valence-corrected chi connectivity index (χ2v) is 5.80. The van der Waals surface area contributed by atoms with Gasteiger partial charge >= 0.3 is 0 Å². The van der Waals surface area contributed by atoms with Crippen LogP contribution >= 0.6 is 0 Å². The van der Waals surface area contributed by atoms with Gasteiger partial charge in [-0.05, 0) is 18.2 Å². The van der Waals surface area contributed by atoms with Gasteiger partial charge in [0.05, 0.1) is 24.1 Å². The van der Waals surface area contributed by atoms with Crippen LogP contribution in [0, 0.1) is 5.92 Å². The molecule has 112 valence electrons. The van der Waals surface area contributed by atoms with Gasteiger partial charge in [0, 0.05) is 31.3 Å². The van der Waals surface area contributed by atoms with Gasteiger partial charge in [-0.15, -0.1) is 0 Å². The number of nitrogens with one attached hydrogen (secondary N) is 1. The number of hydrogen-bond donors (Lipinski definition) is 1. The number of benzene rings is 1. The third-order valence-electron chi connectivity index (χ3n) is 4.06. The molecule has 6 heteroatoms. The minimum Gasteiger partial charge on any atom is -0.341 e. The summed E-state index contributed by atoms with van der Waals surface area (Å²) in [6.45, 7) is 3.46. The molecule has 4 rings (SSSR count). The van der Waals surface area contributed by atoms with E-state index in [0.717, 1.165) is 36.5 Å². The van der Waals surface area contributed by atoms with Crippen LogP contribution in [0.3, 0.4) is 0 Å².